The minimum absolute atomic E-state index is 0.0710. The largest absolute Gasteiger partial charge is 0.356 e. The van der Waals surface area contributed by atoms with E-state index >= 15 is 0 Å². The third-order valence-corrected chi connectivity index (χ3v) is 7.74. The van der Waals surface area contributed by atoms with Crippen molar-refractivity contribution in [2.75, 3.05) is 19.6 Å². The van der Waals surface area contributed by atoms with Crippen LogP contribution in [0.25, 0.3) is 12.2 Å². The van der Waals surface area contributed by atoms with Gasteiger partial charge in [0.1, 0.15) is 5.69 Å². The molecule has 2 heterocycles. The molecule has 1 amide bonds. The van der Waals surface area contributed by atoms with Crippen LogP contribution in [0.2, 0.25) is 0 Å². The van der Waals surface area contributed by atoms with Crippen LogP contribution in [-0.4, -0.2) is 43.4 Å². The van der Waals surface area contributed by atoms with Crippen molar-refractivity contribution in [2.24, 2.45) is 11.8 Å². The maximum Gasteiger partial charge on any atom is 0.248 e. The fraction of sp³-hybridized carbons (Fsp3) is 0.500. The molecule has 0 saturated carbocycles. The van der Waals surface area contributed by atoms with Crippen LogP contribution in [0.1, 0.15) is 55.7 Å². The number of aromatic nitrogens is 1. The van der Waals surface area contributed by atoms with Crippen LogP contribution in [0.3, 0.4) is 0 Å². The Labute approximate surface area is 190 Å². The molecule has 3 rings (SSSR count). The number of hydrogen-bond donors (Lipinski definition) is 1. The van der Waals surface area contributed by atoms with Crippen LogP contribution in [0.5, 0.6) is 0 Å². The molecule has 7 nitrogen and oxygen atoms in total. The van der Waals surface area contributed by atoms with Crippen molar-refractivity contribution in [2.45, 2.75) is 51.9 Å². The average molecular weight is 460 g/mol. The summed E-state index contributed by atoms with van der Waals surface area (Å²) in [4.78, 5) is 12.7. The van der Waals surface area contributed by atoms with Crippen LogP contribution in [0.4, 0.5) is 0 Å². The fourth-order valence-corrected chi connectivity index (χ4v) is 5.55. The average Bonchev–Trinajstić information content (AvgIpc) is 3.14. The van der Waals surface area contributed by atoms with Crippen molar-refractivity contribution < 1.29 is 17.7 Å². The molecule has 32 heavy (non-hydrogen) atoms. The van der Waals surface area contributed by atoms with E-state index in [1.165, 1.54) is 4.31 Å². The van der Waals surface area contributed by atoms with Gasteiger partial charge in [-0.05, 0) is 50.7 Å². The molecule has 1 aromatic carbocycles. The smallest absolute Gasteiger partial charge is 0.248 e. The van der Waals surface area contributed by atoms with Crippen LogP contribution in [0, 0.1) is 25.7 Å². The monoisotopic (exact) mass is 459 g/mol. The standard InChI is InChI=1S/C24H33N3O4S/c1-17(2)13-14-25-24(28)21-6-5-15-27(16-21)32(29,30)23-19(4)26-31-22(23)12-11-20-9-7-18(3)8-10-20/h7-12,17,21H,5-6,13-16H2,1-4H3,(H,25,28)/b12-11+/t21-/m1/s1. The first-order chi connectivity index (χ1) is 15.2. The number of rotatable bonds is 8. The van der Waals surface area contributed by atoms with E-state index in [0.717, 1.165) is 17.5 Å². The van der Waals surface area contributed by atoms with Gasteiger partial charge in [-0.1, -0.05) is 54.9 Å². The Morgan fingerprint density at radius 1 is 1.25 bits per heavy atom. The number of carbonyl (C=O) groups excluding carboxylic acids is 1. The summed E-state index contributed by atoms with van der Waals surface area (Å²) in [6.45, 7) is 9.00. The molecule has 8 heteroatoms. The molecule has 1 aromatic heterocycles. The zero-order valence-electron chi connectivity index (χ0n) is 19.3. The zero-order valence-corrected chi connectivity index (χ0v) is 20.1. The molecule has 0 spiro atoms. The lowest BCUT2D eigenvalue weighted by molar-refractivity contribution is -0.126. The Morgan fingerprint density at radius 3 is 2.66 bits per heavy atom. The first kappa shape index (κ1) is 24.2. The molecule has 174 valence electrons. The quantitative estimate of drug-likeness (QED) is 0.644. The van der Waals surface area contributed by atoms with E-state index in [0.29, 0.717) is 37.5 Å². The molecule has 1 fully saturated rings. The van der Waals surface area contributed by atoms with Crippen LogP contribution in [-0.2, 0) is 14.8 Å². The zero-order chi connectivity index (χ0) is 23.3. The molecule has 1 aliphatic heterocycles. The Kier molecular flexibility index (Phi) is 7.90. The van der Waals surface area contributed by atoms with Gasteiger partial charge in [-0.3, -0.25) is 4.79 Å². The molecule has 0 bridgehead atoms. The van der Waals surface area contributed by atoms with E-state index in [-0.39, 0.29) is 29.0 Å². The molecule has 1 aliphatic rings. The van der Waals surface area contributed by atoms with Gasteiger partial charge < -0.3 is 9.84 Å². The van der Waals surface area contributed by atoms with Gasteiger partial charge in [0, 0.05) is 19.6 Å². The van der Waals surface area contributed by atoms with Gasteiger partial charge >= 0.3 is 0 Å². The summed E-state index contributed by atoms with van der Waals surface area (Å²) >= 11 is 0. The highest BCUT2D eigenvalue weighted by Gasteiger charge is 2.36. The third kappa shape index (κ3) is 5.86. The van der Waals surface area contributed by atoms with E-state index in [1.807, 2.05) is 31.2 Å². The Balaban J connectivity index is 1.76. The number of hydrogen-bond acceptors (Lipinski definition) is 5. The molecule has 1 atom stereocenters. The van der Waals surface area contributed by atoms with Crippen molar-refractivity contribution in [1.82, 2.24) is 14.8 Å². The molecular formula is C24H33N3O4S. The van der Waals surface area contributed by atoms with Gasteiger partial charge in [0.15, 0.2) is 10.7 Å². The van der Waals surface area contributed by atoms with Gasteiger partial charge in [-0.15, -0.1) is 0 Å². The predicted molar refractivity (Wildman–Crippen MR) is 125 cm³/mol. The lowest BCUT2D eigenvalue weighted by atomic mass is 9.98. The van der Waals surface area contributed by atoms with E-state index in [1.54, 1.807) is 19.1 Å². The van der Waals surface area contributed by atoms with Crippen molar-refractivity contribution in [3.8, 4) is 0 Å². The molecule has 0 aliphatic carbocycles. The Morgan fingerprint density at radius 2 is 1.97 bits per heavy atom. The first-order valence-corrected chi connectivity index (χ1v) is 12.6. The molecule has 0 unspecified atom stereocenters. The predicted octanol–water partition coefficient (Wildman–Crippen LogP) is 4.02. The lowest BCUT2D eigenvalue weighted by Gasteiger charge is -2.31. The summed E-state index contributed by atoms with van der Waals surface area (Å²) in [5, 5.41) is 6.86. The van der Waals surface area contributed by atoms with Crippen molar-refractivity contribution in [3.63, 3.8) is 0 Å². The molecule has 1 N–H and O–H groups in total. The van der Waals surface area contributed by atoms with Crippen LogP contribution >= 0.6 is 0 Å². The maximum atomic E-state index is 13.5. The number of nitrogens with one attached hydrogen (secondary N) is 1. The summed E-state index contributed by atoms with van der Waals surface area (Å²) in [5.74, 6) is 0.276. The summed E-state index contributed by atoms with van der Waals surface area (Å²) in [7, 11) is -3.85. The normalized spacial score (nSPS) is 17.8. The number of benzene rings is 1. The summed E-state index contributed by atoms with van der Waals surface area (Å²) < 4.78 is 33.7. The lowest BCUT2D eigenvalue weighted by Crippen LogP contribution is -2.45. The number of sulfonamides is 1. The highest BCUT2D eigenvalue weighted by molar-refractivity contribution is 7.89. The van der Waals surface area contributed by atoms with E-state index < -0.39 is 10.0 Å². The van der Waals surface area contributed by atoms with Gasteiger partial charge in [0.05, 0.1) is 5.92 Å². The highest BCUT2D eigenvalue weighted by atomic mass is 32.2. The number of aryl methyl sites for hydroxylation is 2. The molecule has 0 radical (unpaired) electrons. The number of piperidine rings is 1. The second-order valence-electron chi connectivity index (χ2n) is 8.88. The summed E-state index contributed by atoms with van der Waals surface area (Å²) in [6.07, 6.45) is 5.66. The Hall–Kier alpha value is -2.45. The van der Waals surface area contributed by atoms with Crippen LogP contribution < -0.4 is 5.32 Å². The van der Waals surface area contributed by atoms with Crippen molar-refractivity contribution >= 4 is 28.1 Å². The summed E-state index contributed by atoms with van der Waals surface area (Å²) in [6, 6.07) is 7.89. The van der Waals surface area contributed by atoms with Crippen molar-refractivity contribution in [1.29, 1.82) is 0 Å². The Bertz CT molecular complexity index is 1060. The van der Waals surface area contributed by atoms with E-state index in [9.17, 15) is 13.2 Å². The van der Waals surface area contributed by atoms with Gasteiger partial charge in [-0.2, -0.15) is 4.31 Å². The van der Waals surface area contributed by atoms with E-state index in [2.05, 4.69) is 24.3 Å². The van der Waals surface area contributed by atoms with Crippen molar-refractivity contribution in [3.05, 3.63) is 46.8 Å². The first-order valence-electron chi connectivity index (χ1n) is 11.2. The van der Waals surface area contributed by atoms with Gasteiger partial charge in [0.25, 0.3) is 0 Å². The summed E-state index contributed by atoms with van der Waals surface area (Å²) in [5.41, 5.74) is 2.40. The number of nitrogens with zero attached hydrogens (tertiary/aromatic N) is 2. The van der Waals surface area contributed by atoms with Crippen LogP contribution in [0.15, 0.2) is 33.7 Å². The van der Waals surface area contributed by atoms with E-state index in [4.69, 9.17) is 4.52 Å². The number of amides is 1. The fourth-order valence-electron chi connectivity index (χ4n) is 3.78. The SMILES string of the molecule is Cc1ccc(/C=C/c2onc(C)c2S(=O)(=O)N2CCC[C@@H](C(=O)NCCC(C)C)C2)cc1. The second-order valence-corrected chi connectivity index (χ2v) is 10.8. The topological polar surface area (TPSA) is 92.5 Å². The number of carbonyl (C=O) groups is 1. The molecule has 1 saturated heterocycles. The molecule has 2 aromatic rings. The minimum Gasteiger partial charge on any atom is -0.356 e. The highest BCUT2D eigenvalue weighted by Crippen LogP contribution is 2.29. The second kappa shape index (κ2) is 10.4. The van der Waals surface area contributed by atoms with Gasteiger partial charge in [0.2, 0.25) is 15.9 Å². The van der Waals surface area contributed by atoms with Gasteiger partial charge in [-0.25, -0.2) is 8.42 Å². The maximum absolute atomic E-state index is 13.5. The third-order valence-electron chi connectivity index (χ3n) is 5.71. The minimum atomic E-state index is -3.85. The molecular weight excluding hydrogens is 426 g/mol.